The Morgan fingerprint density at radius 1 is 1.28 bits per heavy atom. The number of carbonyl (C=O) groups excluding carboxylic acids is 1. The molecule has 2 atom stereocenters. The van der Waals surface area contributed by atoms with Crippen molar-refractivity contribution >= 4 is 17.7 Å². The molecule has 0 saturated carbocycles. The number of ether oxygens (including phenoxy) is 1. The second-order valence-electron chi connectivity index (χ2n) is 8.68. The molecule has 3 aromatic rings. The first kappa shape index (κ1) is 36.8. The molecule has 0 aromatic carbocycles. The topological polar surface area (TPSA) is 131 Å². The molecule has 0 radical (unpaired) electrons. The monoisotopic (exact) mass is 669 g/mol. The second kappa shape index (κ2) is 16.8. The maximum atomic E-state index is 13.2. The van der Waals surface area contributed by atoms with E-state index in [2.05, 4.69) is 45.9 Å². The predicted molar refractivity (Wildman–Crippen MR) is 135 cm³/mol. The number of halogens is 4. The summed E-state index contributed by atoms with van der Waals surface area (Å²) in [5, 5.41) is 14.7. The standard InChI is InChI=1S/C12H14FN3.C8H5F2N3O2.C4H8FN.CH3.Cs/c1-7-5-12(2,3)11-8(7)6-14-10-4-9(13)15-16(10)11;9-8(10)15-7-5(2-11)1-6(3-12-7)13-4-14;1-4(5)2-3-6;;/h4,6-7H,5H2,1-3H3;1,3-4,8H,(H,13,14);2-4H,6H2,1H3;1H3;/q;;;-1;+1/b;;3-2+;;. The summed E-state index contributed by atoms with van der Waals surface area (Å²) >= 11 is 0. The molecule has 14 heteroatoms. The molecular weight excluding hydrogens is 639 g/mol. The predicted octanol–water partition coefficient (Wildman–Crippen LogP) is 2.05. The van der Waals surface area contributed by atoms with Crippen LogP contribution in [0.2, 0.25) is 0 Å². The van der Waals surface area contributed by atoms with Gasteiger partial charge in [-0.2, -0.15) is 18.4 Å². The molecule has 9 nitrogen and oxygen atoms in total. The second-order valence-corrected chi connectivity index (χ2v) is 8.68. The van der Waals surface area contributed by atoms with Crippen molar-refractivity contribution in [2.24, 2.45) is 5.73 Å². The molecule has 206 valence electrons. The van der Waals surface area contributed by atoms with Crippen molar-refractivity contribution < 1.29 is 96.0 Å². The van der Waals surface area contributed by atoms with E-state index in [1.165, 1.54) is 36.9 Å². The van der Waals surface area contributed by atoms with Gasteiger partial charge >= 0.3 is 75.5 Å². The smallest absolute Gasteiger partial charge is 0.415 e. The number of pyridine rings is 1. The Kier molecular flexibility index (Phi) is 15.9. The molecule has 4 rings (SSSR count). The third-order valence-electron chi connectivity index (χ3n) is 5.24. The van der Waals surface area contributed by atoms with Gasteiger partial charge in [-0.15, -0.1) is 5.10 Å². The average Bonchev–Trinajstić information content (AvgIpc) is 3.30. The van der Waals surface area contributed by atoms with E-state index in [1.807, 2.05) is 6.20 Å². The summed E-state index contributed by atoms with van der Waals surface area (Å²) in [6.45, 7) is 4.90. The minimum atomic E-state index is -3.05. The van der Waals surface area contributed by atoms with Crippen LogP contribution in [0.25, 0.3) is 5.65 Å². The molecule has 0 saturated heterocycles. The molecule has 0 aliphatic heterocycles. The average molecular weight is 669 g/mol. The van der Waals surface area contributed by atoms with Gasteiger partial charge in [-0.05, 0) is 43.2 Å². The Balaban J connectivity index is 0.000000592. The van der Waals surface area contributed by atoms with Gasteiger partial charge in [-0.1, -0.05) is 20.8 Å². The number of nitriles is 1. The maximum Gasteiger partial charge on any atom is 1.00 e. The van der Waals surface area contributed by atoms with Crippen LogP contribution in [0.15, 0.2) is 36.8 Å². The van der Waals surface area contributed by atoms with E-state index in [0.29, 0.717) is 18.0 Å². The Hall–Kier alpha value is -2.16. The number of allylic oxidation sites excluding steroid dienone is 1. The van der Waals surface area contributed by atoms with Gasteiger partial charge in [0.15, 0.2) is 5.65 Å². The van der Waals surface area contributed by atoms with Gasteiger partial charge in [0.05, 0.1) is 17.6 Å². The van der Waals surface area contributed by atoms with Gasteiger partial charge in [0.1, 0.15) is 17.8 Å². The Morgan fingerprint density at radius 3 is 2.46 bits per heavy atom. The summed E-state index contributed by atoms with van der Waals surface area (Å²) in [6.07, 6.45) is 5.98. The minimum absolute atomic E-state index is 0. The number of amides is 1. The number of nitrogens with two attached hydrogens (primary N) is 1. The van der Waals surface area contributed by atoms with Crippen molar-refractivity contribution in [3.63, 3.8) is 0 Å². The number of anilines is 1. The van der Waals surface area contributed by atoms with Gasteiger partial charge in [0.25, 0.3) is 0 Å². The fraction of sp³-hybridized carbons (Fsp3) is 0.360. The third-order valence-corrected chi connectivity index (χ3v) is 5.24. The maximum absolute atomic E-state index is 13.2. The van der Waals surface area contributed by atoms with E-state index in [0.717, 1.165) is 18.3 Å². The van der Waals surface area contributed by atoms with Gasteiger partial charge < -0.3 is 23.2 Å². The quantitative estimate of drug-likeness (QED) is 0.242. The number of carbonyl (C=O) groups is 1. The van der Waals surface area contributed by atoms with Crippen LogP contribution in [-0.2, 0) is 10.2 Å². The van der Waals surface area contributed by atoms with Crippen LogP contribution in [0.1, 0.15) is 56.9 Å². The first-order chi connectivity index (χ1) is 17.4. The number of nitrogens with one attached hydrogen (secondary N) is 1. The zero-order valence-electron chi connectivity index (χ0n) is 22.6. The Bertz CT molecular complexity index is 1290. The van der Waals surface area contributed by atoms with Gasteiger partial charge in [0, 0.05) is 17.7 Å². The zero-order chi connectivity index (χ0) is 27.8. The van der Waals surface area contributed by atoms with Gasteiger partial charge in [0.2, 0.25) is 18.2 Å². The molecular formula is C25H30CsF4N7O2. The molecule has 0 bridgehead atoms. The van der Waals surface area contributed by atoms with Crippen molar-refractivity contribution in [3.8, 4) is 11.9 Å². The summed E-state index contributed by atoms with van der Waals surface area (Å²) < 4.78 is 54.0. The summed E-state index contributed by atoms with van der Waals surface area (Å²) in [5.74, 6) is -0.464. The number of hydrogen-bond acceptors (Lipinski definition) is 7. The van der Waals surface area contributed by atoms with Crippen molar-refractivity contribution in [2.75, 3.05) is 5.32 Å². The Morgan fingerprint density at radius 2 is 1.95 bits per heavy atom. The molecule has 39 heavy (non-hydrogen) atoms. The van der Waals surface area contributed by atoms with Crippen molar-refractivity contribution in [3.05, 3.63) is 67.0 Å². The summed E-state index contributed by atoms with van der Waals surface area (Å²) in [6, 6.07) is 4.18. The number of nitrogens with zero attached hydrogens (tertiary/aromatic N) is 5. The van der Waals surface area contributed by atoms with Crippen LogP contribution in [0.4, 0.5) is 23.2 Å². The van der Waals surface area contributed by atoms with E-state index in [9.17, 15) is 22.4 Å². The first-order valence-electron chi connectivity index (χ1n) is 11.1. The molecule has 2 unspecified atom stereocenters. The number of alkyl halides is 3. The third kappa shape index (κ3) is 10.4. The number of fused-ring (bicyclic) bond motifs is 3. The minimum Gasteiger partial charge on any atom is -0.415 e. The summed E-state index contributed by atoms with van der Waals surface area (Å²) in [5.41, 5.74) is 7.79. The largest absolute Gasteiger partial charge is 1.00 e. The molecule has 3 N–H and O–H groups in total. The molecule has 3 heterocycles. The van der Waals surface area contributed by atoms with Gasteiger partial charge in [-0.25, -0.2) is 18.9 Å². The Labute approximate surface area is 283 Å². The summed E-state index contributed by atoms with van der Waals surface area (Å²) in [7, 11) is 0. The van der Waals surface area contributed by atoms with Crippen molar-refractivity contribution in [1.29, 1.82) is 5.26 Å². The summed E-state index contributed by atoms with van der Waals surface area (Å²) in [4.78, 5) is 17.8. The normalized spacial score (nSPS) is 15.3. The van der Waals surface area contributed by atoms with Crippen LogP contribution in [-0.4, -0.2) is 38.8 Å². The SMILES string of the molecule is CC(F)/C=C/N.CC1CC(C)(C)c2c1cnc1cc(F)nn21.N#Cc1cc(NC=O)cnc1OC(F)F.[CH3-].[Cs+]. The zero-order valence-corrected chi connectivity index (χ0v) is 28.9. The van der Waals surface area contributed by atoms with Crippen LogP contribution in [0.5, 0.6) is 5.88 Å². The number of aromatic nitrogens is 4. The number of hydrogen-bond donors (Lipinski definition) is 2. The number of rotatable bonds is 5. The van der Waals surface area contributed by atoms with Crippen LogP contribution >= 0.6 is 0 Å². The molecule has 1 aliphatic carbocycles. The van der Waals surface area contributed by atoms with E-state index < -0.39 is 24.6 Å². The molecule has 0 fully saturated rings. The van der Waals surface area contributed by atoms with E-state index in [-0.39, 0.29) is 93.0 Å². The van der Waals surface area contributed by atoms with Crippen molar-refractivity contribution in [2.45, 2.75) is 58.2 Å². The fourth-order valence-electron chi connectivity index (χ4n) is 3.94. The fourth-order valence-corrected chi connectivity index (χ4v) is 3.94. The van der Waals surface area contributed by atoms with Crippen LogP contribution in [0.3, 0.4) is 0 Å². The molecule has 1 amide bonds. The van der Waals surface area contributed by atoms with Gasteiger partial charge in [-0.3, -0.25) is 4.79 Å². The molecule has 3 aromatic heterocycles. The van der Waals surface area contributed by atoms with E-state index in [4.69, 9.17) is 11.0 Å². The molecule has 0 spiro atoms. The molecule has 1 aliphatic rings. The van der Waals surface area contributed by atoms with E-state index >= 15 is 0 Å². The van der Waals surface area contributed by atoms with Crippen LogP contribution in [0, 0.1) is 24.7 Å². The first-order valence-corrected chi connectivity index (χ1v) is 11.1. The van der Waals surface area contributed by atoms with Crippen LogP contribution < -0.4 is 84.7 Å². The van der Waals surface area contributed by atoms with Crippen molar-refractivity contribution in [1.82, 2.24) is 19.6 Å². The van der Waals surface area contributed by atoms with E-state index in [1.54, 1.807) is 10.6 Å².